The second-order valence-corrected chi connectivity index (χ2v) is 9.91. The molecule has 1 aromatic carbocycles. The first-order valence-corrected chi connectivity index (χ1v) is 13.0. The minimum atomic E-state index is -4.91. The fourth-order valence-electron chi connectivity index (χ4n) is 3.69. The number of benzene rings is 1. The normalized spacial score (nSPS) is 13.9. The number of hydrogen-bond acceptors (Lipinski definition) is 12. The van der Waals surface area contributed by atoms with Crippen molar-refractivity contribution in [2.75, 3.05) is 43.6 Å². The van der Waals surface area contributed by atoms with Crippen LogP contribution in [0.5, 0.6) is 23.0 Å². The Hall–Kier alpha value is -3.24. The Morgan fingerprint density at radius 3 is 2.32 bits per heavy atom. The summed E-state index contributed by atoms with van der Waals surface area (Å²) in [4.78, 5) is 44.4. The molecule has 0 saturated heterocycles. The number of anilines is 5. The van der Waals surface area contributed by atoms with E-state index in [1.54, 1.807) is 12.1 Å². The number of hydrogen-bond donors (Lipinski definition) is 4. The van der Waals surface area contributed by atoms with Gasteiger partial charge in [-0.15, -0.1) is 0 Å². The summed E-state index contributed by atoms with van der Waals surface area (Å²) in [7, 11) is -0.521. The summed E-state index contributed by atoms with van der Waals surface area (Å²) in [5, 5.41) is 5.64. The van der Waals surface area contributed by atoms with E-state index in [0.717, 1.165) is 11.1 Å². The van der Waals surface area contributed by atoms with Gasteiger partial charge in [0.05, 0.1) is 27.5 Å². The van der Waals surface area contributed by atoms with Gasteiger partial charge >= 0.3 is 37.4 Å². The number of fused-ring (bicyclic) bond motifs is 1. The van der Waals surface area contributed by atoms with E-state index in [1.807, 2.05) is 0 Å². The van der Waals surface area contributed by atoms with Crippen LogP contribution in [-0.4, -0.2) is 93.9 Å². The molecule has 4 rings (SSSR count). The molecular weight excluding hydrogens is 577 g/mol. The van der Waals surface area contributed by atoms with Gasteiger partial charge in [-0.25, -0.2) is 18.9 Å². The first-order valence-electron chi connectivity index (χ1n) is 11.4. The Labute approximate surface area is 255 Å². The van der Waals surface area contributed by atoms with Crippen LogP contribution >= 0.6 is 7.82 Å². The van der Waals surface area contributed by atoms with E-state index in [1.165, 1.54) is 47.3 Å². The number of aromatic nitrogens is 3. The van der Waals surface area contributed by atoms with Crippen LogP contribution in [0.1, 0.15) is 13.8 Å². The summed E-state index contributed by atoms with van der Waals surface area (Å²) in [6.45, 7) is 2.16. The van der Waals surface area contributed by atoms with Crippen LogP contribution in [0, 0.1) is 5.82 Å². The van der Waals surface area contributed by atoms with Crippen LogP contribution in [-0.2, 0) is 13.9 Å². The predicted molar refractivity (Wildman–Crippen MR) is 146 cm³/mol. The molecule has 0 saturated carbocycles. The van der Waals surface area contributed by atoms with E-state index < -0.39 is 31.9 Å². The van der Waals surface area contributed by atoms with Gasteiger partial charge in [-0.2, -0.15) is 4.98 Å². The molecule has 18 heteroatoms. The number of ether oxygens (including phenoxy) is 4. The molecular formula is C23H27FN6NaO9P. The molecule has 3 heterocycles. The number of methoxy groups -OCH3 is 3. The van der Waals surface area contributed by atoms with Crippen molar-refractivity contribution in [1.82, 2.24) is 15.0 Å². The zero-order valence-corrected chi connectivity index (χ0v) is 22.9. The number of carbonyl (C=O) groups is 1. The maximum atomic E-state index is 14.7. The summed E-state index contributed by atoms with van der Waals surface area (Å²) in [6.07, 6.45) is 0.934. The van der Waals surface area contributed by atoms with Crippen molar-refractivity contribution in [2.45, 2.75) is 19.4 Å². The van der Waals surface area contributed by atoms with Crippen molar-refractivity contribution in [2.24, 2.45) is 0 Å². The molecule has 216 valence electrons. The van der Waals surface area contributed by atoms with Crippen molar-refractivity contribution >= 4 is 72.4 Å². The first-order chi connectivity index (χ1) is 18.8. The number of pyridine rings is 1. The number of halogens is 1. The van der Waals surface area contributed by atoms with Crippen LogP contribution in [0.3, 0.4) is 0 Å². The van der Waals surface area contributed by atoms with E-state index in [9.17, 15) is 13.8 Å². The number of phosphoric acid groups is 1. The van der Waals surface area contributed by atoms with Crippen LogP contribution in [0.25, 0.3) is 0 Å². The molecule has 3 aromatic rings. The third-order valence-electron chi connectivity index (χ3n) is 5.49. The number of nitrogens with one attached hydrogen (secondary N) is 2. The van der Waals surface area contributed by atoms with Crippen molar-refractivity contribution in [3.8, 4) is 23.0 Å². The van der Waals surface area contributed by atoms with Gasteiger partial charge in [0.25, 0.3) is 5.91 Å². The number of phosphoric ester groups is 1. The van der Waals surface area contributed by atoms with E-state index >= 15 is 0 Å². The summed E-state index contributed by atoms with van der Waals surface area (Å²) < 4.78 is 52.1. The van der Waals surface area contributed by atoms with Crippen molar-refractivity contribution in [1.29, 1.82) is 0 Å². The molecule has 1 amide bonds. The summed E-state index contributed by atoms with van der Waals surface area (Å²) in [6, 6.07) is 6.12. The first kappa shape index (κ1) is 32.3. The van der Waals surface area contributed by atoms with Crippen molar-refractivity contribution in [3.63, 3.8) is 0 Å². The minimum absolute atomic E-state index is 0. The second kappa shape index (κ2) is 12.7. The molecule has 0 atom stereocenters. The maximum absolute atomic E-state index is 14.7. The summed E-state index contributed by atoms with van der Waals surface area (Å²) >= 11 is 0. The zero-order valence-electron chi connectivity index (χ0n) is 22.0. The van der Waals surface area contributed by atoms with Gasteiger partial charge in [0, 0.05) is 17.8 Å². The summed E-state index contributed by atoms with van der Waals surface area (Å²) in [5.74, 6) is -0.550. The fourth-order valence-corrected chi connectivity index (χ4v) is 3.96. The molecule has 15 nitrogen and oxygen atoms in total. The molecule has 1 aliphatic rings. The Balaban J connectivity index is 0.00000462. The Kier molecular flexibility index (Phi) is 10.0. The van der Waals surface area contributed by atoms with Crippen LogP contribution in [0.15, 0.2) is 30.5 Å². The van der Waals surface area contributed by atoms with Gasteiger partial charge in [0.15, 0.2) is 40.3 Å². The van der Waals surface area contributed by atoms with Gasteiger partial charge in [0.1, 0.15) is 12.5 Å². The van der Waals surface area contributed by atoms with E-state index in [2.05, 4.69) is 30.1 Å². The number of amides is 1. The standard InChI is InChI=1S/C23H26FN6O9P.Na.H/c1-23(2)21(31)30(11-38-40(32,33)34)20-14(39-23)6-7-17(28-20)27-19-13(24)10-25-22(29-19)26-12-8-15(35-3)18(37-5)16(9-12)36-4;;/h6-10H,11H2,1-5H3,(H2,32,33,34)(H2,25,26,27,28,29);;. The molecule has 0 spiro atoms. The van der Waals surface area contributed by atoms with Crippen LogP contribution in [0.4, 0.5) is 33.5 Å². The average Bonchev–Trinajstić information content (AvgIpc) is 2.89. The third kappa shape index (κ3) is 7.35. The predicted octanol–water partition coefficient (Wildman–Crippen LogP) is 2.45. The molecule has 0 bridgehead atoms. The van der Waals surface area contributed by atoms with Gasteiger partial charge in [-0.1, -0.05) is 0 Å². The van der Waals surface area contributed by atoms with Crippen molar-refractivity contribution < 1.29 is 47.0 Å². The SMILES string of the molecule is COc1cc(Nc2ncc(F)c(Nc3ccc4c(n3)N(COP(=O)(O)O)C(=O)C(C)(C)O4)n2)cc(OC)c1OC.[NaH]. The van der Waals surface area contributed by atoms with E-state index in [4.69, 9.17) is 28.7 Å². The molecule has 0 aliphatic carbocycles. The quantitative estimate of drug-likeness (QED) is 0.195. The van der Waals surface area contributed by atoms with Gasteiger partial charge < -0.3 is 39.4 Å². The Morgan fingerprint density at radius 2 is 1.73 bits per heavy atom. The number of carbonyl (C=O) groups excluding carboxylic acids is 1. The molecule has 4 N–H and O–H groups in total. The molecule has 2 aromatic heterocycles. The van der Waals surface area contributed by atoms with Gasteiger partial charge in [0.2, 0.25) is 11.7 Å². The monoisotopic (exact) mass is 604 g/mol. The molecule has 0 fully saturated rings. The molecule has 41 heavy (non-hydrogen) atoms. The number of rotatable bonds is 10. The van der Waals surface area contributed by atoms with E-state index in [-0.39, 0.29) is 58.7 Å². The zero-order chi connectivity index (χ0) is 29.2. The Morgan fingerprint density at radius 1 is 1.07 bits per heavy atom. The summed E-state index contributed by atoms with van der Waals surface area (Å²) in [5.41, 5.74) is -0.911. The second-order valence-electron chi connectivity index (χ2n) is 8.67. The average molecular weight is 604 g/mol. The topological polar surface area (TPSA) is 187 Å². The number of nitrogens with zero attached hydrogens (tertiary/aromatic N) is 4. The van der Waals surface area contributed by atoms with Crippen molar-refractivity contribution in [3.05, 3.63) is 36.3 Å². The van der Waals surface area contributed by atoms with Gasteiger partial charge in [-0.3, -0.25) is 14.2 Å². The molecule has 0 radical (unpaired) electrons. The van der Waals surface area contributed by atoms with Gasteiger partial charge in [-0.05, 0) is 26.0 Å². The Bertz CT molecular complexity index is 1470. The molecule has 0 unspecified atom stereocenters. The third-order valence-corrected chi connectivity index (χ3v) is 5.94. The van der Waals surface area contributed by atoms with E-state index in [0.29, 0.717) is 22.9 Å². The van der Waals surface area contributed by atoms with Crippen LogP contribution in [0.2, 0.25) is 0 Å². The van der Waals surface area contributed by atoms with Crippen LogP contribution < -0.4 is 34.5 Å². The fraction of sp³-hybridized carbons (Fsp3) is 0.304. The molecule has 1 aliphatic heterocycles.